The van der Waals surface area contributed by atoms with Gasteiger partial charge in [0.1, 0.15) is 5.82 Å². The summed E-state index contributed by atoms with van der Waals surface area (Å²) >= 11 is 5.94. The van der Waals surface area contributed by atoms with E-state index < -0.39 is 0 Å². The average molecular weight is 308 g/mol. The minimum atomic E-state index is -0.388. The van der Waals surface area contributed by atoms with Gasteiger partial charge in [-0.1, -0.05) is 11.6 Å². The van der Waals surface area contributed by atoms with Crippen LogP contribution in [0.2, 0.25) is 5.02 Å². The van der Waals surface area contributed by atoms with Crippen LogP contribution in [-0.2, 0) is 0 Å². The molecule has 2 aromatic rings. The minimum absolute atomic E-state index is 0.219. The van der Waals surface area contributed by atoms with Crippen molar-refractivity contribution in [1.29, 1.82) is 0 Å². The Morgan fingerprint density at radius 1 is 1.24 bits per heavy atom. The summed E-state index contributed by atoms with van der Waals surface area (Å²) in [5.74, 6) is 0.913. The number of pyridine rings is 1. The van der Waals surface area contributed by atoms with Crippen LogP contribution >= 0.6 is 11.6 Å². The van der Waals surface area contributed by atoms with Crippen molar-refractivity contribution in [3.63, 3.8) is 0 Å². The second-order valence-electron chi connectivity index (χ2n) is 4.11. The zero-order chi connectivity index (χ0) is 15.4. The van der Waals surface area contributed by atoms with Crippen LogP contribution in [0.15, 0.2) is 30.5 Å². The number of benzene rings is 1. The van der Waals surface area contributed by atoms with Crippen molar-refractivity contribution in [2.75, 3.05) is 25.3 Å². The van der Waals surface area contributed by atoms with Gasteiger partial charge in [-0.25, -0.2) is 4.98 Å². The summed E-state index contributed by atoms with van der Waals surface area (Å²) in [6.07, 6.45) is 1.33. The lowest BCUT2D eigenvalue weighted by molar-refractivity contribution is 0.102. The lowest BCUT2D eigenvalue weighted by Gasteiger charge is -2.11. The fraction of sp³-hybridized carbons (Fsp3) is 0.143. The monoisotopic (exact) mass is 307 g/mol. The van der Waals surface area contributed by atoms with Crippen LogP contribution in [-0.4, -0.2) is 25.1 Å². The van der Waals surface area contributed by atoms with E-state index >= 15 is 0 Å². The molecule has 0 aliphatic carbocycles. The Morgan fingerprint density at radius 3 is 2.62 bits per heavy atom. The number of rotatable bonds is 4. The first kappa shape index (κ1) is 14.9. The van der Waals surface area contributed by atoms with Crippen LogP contribution in [0.4, 0.5) is 11.5 Å². The second kappa shape index (κ2) is 6.32. The van der Waals surface area contributed by atoms with Gasteiger partial charge in [0.2, 0.25) is 0 Å². The van der Waals surface area contributed by atoms with Crippen molar-refractivity contribution in [3.8, 4) is 11.5 Å². The predicted molar refractivity (Wildman–Crippen MR) is 81.2 cm³/mol. The molecular weight excluding hydrogens is 294 g/mol. The number of aromatic nitrogens is 1. The third-order valence-electron chi connectivity index (χ3n) is 2.76. The maximum absolute atomic E-state index is 12.2. The summed E-state index contributed by atoms with van der Waals surface area (Å²) in [5.41, 5.74) is 6.35. The normalized spacial score (nSPS) is 10.0. The number of nitrogens with one attached hydrogen (secondary N) is 1. The van der Waals surface area contributed by atoms with Gasteiger partial charge < -0.3 is 20.5 Å². The highest BCUT2D eigenvalue weighted by molar-refractivity contribution is 6.34. The van der Waals surface area contributed by atoms with Crippen molar-refractivity contribution in [3.05, 3.63) is 41.0 Å². The smallest absolute Gasteiger partial charge is 0.257 e. The molecule has 110 valence electrons. The molecule has 0 bridgehead atoms. The van der Waals surface area contributed by atoms with Crippen molar-refractivity contribution < 1.29 is 14.3 Å². The van der Waals surface area contributed by atoms with Gasteiger partial charge >= 0.3 is 0 Å². The molecule has 1 aromatic carbocycles. The molecule has 0 aliphatic heterocycles. The van der Waals surface area contributed by atoms with Gasteiger partial charge in [-0.2, -0.15) is 0 Å². The van der Waals surface area contributed by atoms with Gasteiger partial charge in [-0.05, 0) is 18.2 Å². The van der Waals surface area contributed by atoms with Gasteiger partial charge in [0.15, 0.2) is 11.5 Å². The molecule has 1 heterocycles. The van der Waals surface area contributed by atoms with E-state index in [9.17, 15) is 4.79 Å². The van der Waals surface area contributed by atoms with Gasteiger partial charge in [-0.15, -0.1) is 0 Å². The van der Waals surface area contributed by atoms with Crippen LogP contribution < -0.4 is 20.5 Å². The third kappa shape index (κ3) is 3.35. The Labute approximate surface area is 126 Å². The number of nitrogen functional groups attached to an aromatic ring is 1. The standard InChI is InChI=1S/C14H14ClN3O3/c1-20-11-4-3-8(5-12(11)21-2)18-14(19)9-6-13(16)17-7-10(9)15/h3-7H,1-2H3,(H2,16,17)(H,18,19). The molecule has 1 amide bonds. The van der Waals surface area contributed by atoms with Gasteiger partial charge in [0.25, 0.3) is 5.91 Å². The Morgan fingerprint density at radius 2 is 1.95 bits per heavy atom. The molecule has 2 rings (SSSR count). The van der Waals surface area contributed by atoms with Crippen LogP contribution in [0.5, 0.6) is 11.5 Å². The average Bonchev–Trinajstić information content (AvgIpc) is 2.49. The fourth-order valence-electron chi connectivity index (χ4n) is 1.74. The fourth-order valence-corrected chi connectivity index (χ4v) is 1.93. The maximum atomic E-state index is 12.2. The van der Waals surface area contributed by atoms with E-state index in [-0.39, 0.29) is 22.3 Å². The Balaban J connectivity index is 2.25. The summed E-state index contributed by atoms with van der Waals surface area (Å²) in [6, 6.07) is 6.45. The number of hydrogen-bond acceptors (Lipinski definition) is 5. The van der Waals surface area contributed by atoms with E-state index in [4.69, 9.17) is 26.8 Å². The molecule has 0 radical (unpaired) electrons. The highest BCUT2D eigenvalue weighted by Gasteiger charge is 2.13. The van der Waals surface area contributed by atoms with E-state index in [2.05, 4.69) is 10.3 Å². The van der Waals surface area contributed by atoms with Crippen molar-refractivity contribution in [1.82, 2.24) is 4.98 Å². The number of hydrogen-bond donors (Lipinski definition) is 2. The van der Waals surface area contributed by atoms with Gasteiger partial charge in [0, 0.05) is 18.0 Å². The number of carbonyl (C=O) groups is 1. The van der Waals surface area contributed by atoms with Crippen molar-refractivity contribution in [2.24, 2.45) is 0 Å². The first-order chi connectivity index (χ1) is 10.0. The predicted octanol–water partition coefficient (Wildman–Crippen LogP) is 2.59. The molecule has 1 aromatic heterocycles. The molecule has 0 atom stereocenters. The summed E-state index contributed by atoms with van der Waals surface area (Å²) in [6.45, 7) is 0. The zero-order valence-corrected chi connectivity index (χ0v) is 12.3. The van der Waals surface area contributed by atoms with Crippen molar-refractivity contribution >= 4 is 29.0 Å². The summed E-state index contributed by atoms with van der Waals surface area (Å²) in [5, 5.41) is 2.93. The SMILES string of the molecule is COc1ccc(NC(=O)c2cc(N)ncc2Cl)cc1OC. The van der Waals surface area contributed by atoms with E-state index in [1.807, 2.05) is 0 Å². The maximum Gasteiger partial charge on any atom is 0.257 e. The number of halogens is 1. The number of methoxy groups -OCH3 is 2. The highest BCUT2D eigenvalue weighted by atomic mass is 35.5. The van der Waals surface area contributed by atoms with Gasteiger partial charge in [0.05, 0.1) is 24.8 Å². The molecule has 21 heavy (non-hydrogen) atoms. The Bertz CT molecular complexity index is 677. The van der Waals surface area contributed by atoms with Crippen LogP contribution in [0.25, 0.3) is 0 Å². The Hall–Kier alpha value is -2.47. The topological polar surface area (TPSA) is 86.5 Å². The van der Waals surface area contributed by atoms with Crippen LogP contribution in [0.3, 0.4) is 0 Å². The van der Waals surface area contributed by atoms with Crippen LogP contribution in [0, 0.1) is 0 Å². The molecule has 0 spiro atoms. The summed E-state index contributed by atoms with van der Waals surface area (Å²) in [7, 11) is 3.06. The zero-order valence-electron chi connectivity index (χ0n) is 11.5. The van der Waals surface area contributed by atoms with Crippen LogP contribution in [0.1, 0.15) is 10.4 Å². The molecule has 6 nitrogen and oxygen atoms in total. The molecule has 0 saturated heterocycles. The van der Waals surface area contributed by atoms with E-state index in [1.165, 1.54) is 26.5 Å². The van der Waals surface area contributed by atoms with E-state index in [0.717, 1.165) is 0 Å². The number of nitrogens with two attached hydrogens (primary N) is 1. The number of carbonyl (C=O) groups excluding carboxylic acids is 1. The van der Waals surface area contributed by atoms with Crippen molar-refractivity contribution in [2.45, 2.75) is 0 Å². The van der Waals surface area contributed by atoms with E-state index in [1.54, 1.807) is 18.2 Å². The lowest BCUT2D eigenvalue weighted by Crippen LogP contribution is -2.13. The van der Waals surface area contributed by atoms with E-state index in [0.29, 0.717) is 17.2 Å². The molecule has 0 saturated carbocycles. The van der Waals surface area contributed by atoms with Gasteiger partial charge in [-0.3, -0.25) is 4.79 Å². The molecule has 0 aliphatic rings. The first-order valence-electron chi connectivity index (χ1n) is 5.99. The minimum Gasteiger partial charge on any atom is -0.493 e. The number of ether oxygens (including phenoxy) is 2. The number of amides is 1. The summed E-state index contributed by atoms with van der Waals surface area (Å²) < 4.78 is 10.3. The number of nitrogens with zero attached hydrogens (tertiary/aromatic N) is 1. The molecule has 3 N–H and O–H groups in total. The first-order valence-corrected chi connectivity index (χ1v) is 6.37. The second-order valence-corrected chi connectivity index (χ2v) is 4.52. The molecule has 0 fully saturated rings. The largest absolute Gasteiger partial charge is 0.493 e. The Kier molecular flexibility index (Phi) is 4.49. The quantitative estimate of drug-likeness (QED) is 0.906. The third-order valence-corrected chi connectivity index (χ3v) is 3.06. The molecule has 7 heteroatoms. The highest BCUT2D eigenvalue weighted by Crippen LogP contribution is 2.30. The number of anilines is 2. The summed E-state index contributed by atoms with van der Waals surface area (Å²) in [4.78, 5) is 16.0. The molecular formula is C14H14ClN3O3. The lowest BCUT2D eigenvalue weighted by atomic mass is 10.2. The molecule has 0 unspecified atom stereocenters.